The quantitative estimate of drug-likeness (QED) is 0.564. The fourth-order valence-electron chi connectivity index (χ4n) is 2.83. The number of aryl methyl sites for hydroxylation is 1. The fourth-order valence-corrected chi connectivity index (χ4v) is 2.83. The molecule has 0 aliphatic heterocycles. The Hall–Kier alpha value is -3.21. The van der Waals surface area contributed by atoms with Crippen molar-refractivity contribution >= 4 is 12.3 Å². The second-order valence-electron chi connectivity index (χ2n) is 6.94. The Morgan fingerprint density at radius 1 is 1.14 bits per heavy atom. The minimum Gasteiger partial charge on any atom is -0.348 e. The molecular formula is C23H27N3O2. The van der Waals surface area contributed by atoms with Crippen molar-refractivity contribution in [1.29, 1.82) is 0 Å². The number of carbonyl (C=O) groups is 2. The van der Waals surface area contributed by atoms with E-state index >= 15 is 0 Å². The normalized spacial score (nSPS) is 12.2. The Balaban J connectivity index is 2.21. The van der Waals surface area contributed by atoms with Gasteiger partial charge in [-0.15, -0.1) is 0 Å². The molecule has 2 amide bonds. The first-order valence-corrected chi connectivity index (χ1v) is 9.18. The molecule has 0 saturated heterocycles. The number of benzene rings is 1. The summed E-state index contributed by atoms with van der Waals surface area (Å²) >= 11 is 0. The van der Waals surface area contributed by atoms with E-state index < -0.39 is 0 Å². The SMILES string of the molecule is C/C(=C/C(C)=C(\C)CNC(=O)c1cc(-c2cccnc2)cc(C)c1C)NC=O. The lowest BCUT2D eigenvalue weighted by Crippen LogP contribution is -2.26. The first kappa shape index (κ1) is 21.1. The van der Waals surface area contributed by atoms with Crippen LogP contribution in [0.3, 0.4) is 0 Å². The van der Waals surface area contributed by atoms with Gasteiger partial charge in [-0.05, 0) is 75.1 Å². The van der Waals surface area contributed by atoms with E-state index in [4.69, 9.17) is 0 Å². The van der Waals surface area contributed by atoms with E-state index in [9.17, 15) is 9.59 Å². The summed E-state index contributed by atoms with van der Waals surface area (Å²) < 4.78 is 0. The van der Waals surface area contributed by atoms with Crippen LogP contribution in [0.5, 0.6) is 0 Å². The van der Waals surface area contributed by atoms with Gasteiger partial charge in [0.15, 0.2) is 0 Å². The molecule has 146 valence electrons. The molecule has 0 fully saturated rings. The molecule has 0 spiro atoms. The average molecular weight is 377 g/mol. The van der Waals surface area contributed by atoms with Gasteiger partial charge in [0.1, 0.15) is 0 Å². The highest BCUT2D eigenvalue weighted by Gasteiger charge is 2.13. The van der Waals surface area contributed by atoms with Crippen molar-refractivity contribution < 1.29 is 9.59 Å². The van der Waals surface area contributed by atoms with E-state index in [1.165, 1.54) is 0 Å². The Kier molecular flexibility index (Phi) is 7.27. The van der Waals surface area contributed by atoms with Crippen molar-refractivity contribution in [3.8, 4) is 11.1 Å². The number of allylic oxidation sites excluding steroid dienone is 3. The Labute approximate surface area is 166 Å². The van der Waals surface area contributed by atoms with Gasteiger partial charge in [0.05, 0.1) is 0 Å². The highest BCUT2D eigenvalue weighted by atomic mass is 16.1. The molecule has 0 aliphatic carbocycles. The molecule has 2 rings (SSSR count). The van der Waals surface area contributed by atoms with Gasteiger partial charge in [-0.2, -0.15) is 0 Å². The molecule has 0 bridgehead atoms. The van der Waals surface area contributed by atoms with E-state index in [2.05, 4.69) is 21.7 Å². The highest BCUT2D eigenvalue weighted by Crippen LogP contribution is 2.24. The highest BCUT2D eigenvalue weighted by molar-refractivity contribution is 5.97. The molecule has 5 nitrogen and oxygen atoms in total. The summed E-state index contributed by atoms with van der Waals surface area (Å²) in [7, 11) is 0. The number of pyridine rings is 1. The third kappa shape index (κ3) is 5.39. The predicted octanol–water partition coefficient (Wildman–Crippen LogP) is 4.08. The van der Waals surface area contributed by atoms with E-state index in [1.807, 2.05) is 58.9 Å². The van der Waals surface area contributed by atoms with Gasteiger partial charge in [-0.25, -0.2) is 0 Å². The molecule has 0 radical (unpaired) electrons. The molecule has 0 saturated carbocycles. The number of nitrogens with one attached hydrogen (secondary N) is 2. The van der Waals surface area contributed by atoms with E-state index in [1.54, 1.807) is 12.4 Å². The van der Waals surface area contributed by atoms with Gasteiger partial charge in [0.25, 0.3) is 5.91 Å². The van der Waals surface area contributed by atoms with Gasteiger partial charge in [0.2, 0.25) is 6.41 Å². The number of carbonyl (C=O) groups excluding carboxylic acids is 2. The molecule has 2 aromatic rings. The third-order valence-corrected chi connectivity index (χ3v) is 4.81. The summed E-state index contributed by atoms with van der Waals surface area (Å²) in [6, 6.07) is 7.86. The predicted molar refractivity (Wildman–Crippen MR) is 113 cm³/mol. The molecule has 28 heavy (non-hydrogen) atoms. The molecular weight excluding hydrogens is 350 g/mol. The number of hydrogen-bond acceptors (Lipinski definition) is 3. The number of nitrogens with zero attached hydrogens (tertiary/aromatic N) is 1. The van der Waals surface area contributed by atoms with Gasteiger partial charge >= 0.3 is 0 Å². The number of aromatic nitrogens is 1. The monoisotopic (exact) mass is 377 g/mol. The standard InChI is InChI=1S/C23H27N3O2/c1-15(9-18(4)26-14-27)17(3)12-25-23(28)22-11-21(10-16(2)19(22)5)20-7-6-8-24-13-20/h6-11,13-14H,12H2,1-5H3,(H,25,28)(H,26,27)/b17-15+,18-9-. The van der Waals surface area contributed by atoms with Crippen molar-refractivity contribution in [1.82, 2.24) is 15.6 Å². The molecule has 0 atom stereocenters. The summed E-state index contributed by atoms with van der Waals surface area (Å²) in [6.07, 6.45) is 6.06. The van der Waals surface area contributed by atoms with Gasteiger partial charge < -0.3 is 10.6 Å². The van der Waals surface area contributed by atoms with Crippen LogP contribution in [0, 0.1) is 13.8 Å². The zero-order valence-corrected chi connectivity index (χ0v) is 17.1. The van der Waals surface area contributed by atoms with Crippen LogP contribution in [-0.2, 0) is 4.79 Å². The summed E-state index contributed by atoms with van der Waals surface area (Å²) in [5.74, 6) is -0.106. The molecule has 1 heterocycles. The number of rotatable bonds is 7. The maximum atomic E-state index is 12.8. The summed E-state index contributed by atoms with van der Waals surface area (Å²) in [4.78, 5) is 27.5. The fraction of sp³-hybridized carbons (Fsp3) is 0.261. The largest absolute Gasteiger partial charge is 0.348 e. The van der Waals surface area contributed by atoms with Crippen LogP contribution in [0.2, 0.25) is 0 Å². The molecule has 0 unspecified atom stereocenters. The lowest BCUT2D eigenvalue weighted by molar-refractivity contribution is -0.108. The lowest BCUT2D eigenvalue weighted by Gasteiger charge is -2.13. The second-order valence-corrected chi connectivity index (χ2v) is 6.94. The lowest BCUT2D eigenvalue weighted by atomic mass is 9.96. The van der Waals surface area contributed by atoms with Crippen molar-refractivity contribution in [2.24, 2.45) is 0 Å². The maximum Gasteiger partial charge on any atom is 0.251 e. The second kappa shape index (κ2) is 9.65. The van der Waals surface area contributed by atoms with E-state index in [0.29, 0.717) is 18.5 Å². The van der Waals surface area contributed by atoms with Crippen LogP contribution in [-0.4, -0.2) is 23.8 Å². The first-order valence-electron chi connectivity index (χ1n) is 9.18. The van der Waals surface area contributed by atoms with Gasteiger partial charge in [-0.3, -0.25) is 14.6 Å². The number of hydrogen-bond donors (Lipinski definition) is 2. The van der Waals surface area contributed by atoms with Gasteiger partial charge in [0, 0.05) is 35.8 Å². The van der Waals surface area contributed by atoms with Crippen LogP contribution in [0.4, 0.5) is 0 Å². The van der Waals surface area contributed by atoms with Crippen LogP contribution >= 0.6 is 0 Å². The van der Waals surface area contributed by atoms with Crippen LogP contribution in [0.1, 0.15) is 42.3 Å². The van der Waals surface area contributed by atoms with E-state index in [0.717, 1.165) is 39.1 Å². The summed E-state index contributed by atoms with van der Waals surface area (Å²) in [5.41, 5.74) is 7.44. The van der Waals surface area contributed by atoms with E-state index in [-0.39, 0.29) is 5.91 Å². The first-order chi connectivity index (χ1) is 13.3. The topological polar surface area (TPSA) is 71.1 Å². The molecule has 5 heteroatoms. The van der Waals surface area contributed by atoms with Crippen molar-refractivity contribution in [2.75, 3.05) is 6.54 Å². The molecule has 1 aromatic heterocycles. The minimum atomic E-state index is -0.106. The number of amides is 2. The minimum absolute atomic E-state index is 0.106. The Bertz CT molecular complexity index is 928. The van der Waals surface area contributed by atoms with Crippen LogP contribution < -0.4 is 10.6 Å². The smallest absolute Gasteiger partial charge is 0.251 e. The molecule has 0 aliphatic rings. The van der Waals surface area contributed by atoms with Gasteiger partial charge in [-0.1, -0.05) is 17.7 Å². The Morgan fingerprint density at radius 2 is 1.89 bits per heavy atom. The van der Waals surface area contributed by atoms with Crippen molar-refractivity contribution in [3.05, 3.63) is 76.3 Å². The zero-order chi connectivity index (χ0) is 20.7. The summed E-state index contributed by atoms with van der Waals surface area (Å²) in [5, 5.41) is 5.61. The molecule has 1 aromatic carbocycles. The van der Waals surface area contributed by atoms with Crippen LogP contribution in [0.15, 0.2) is 59.6 Å². The maximum absolute atomic E-state index is 12.8. The summed E-state index contributed by atoms with van der Waals surface area (Å²) in [6.45, 7) is 10.1. The van der Waals surface area contributed by atoms with Crippen LogP contribution in [0.25, 0.3) is 11.1 Å². The van der Waals surface area contributed by atoms with Crippen molar-refractivity contribution in [2.45, 2.75) is 34.6 Å². The third-order valence-electron chi connectivity index (χ3n) is 4.81. The zero-order valence-electron chi connectivity index (χ0n) is 17.1. The molecule has 2 N–H and O–H groups in total. The van der Waals surface area contributed by atoms with Crippen molar-refractivity contribution in [3.63, 3.8) is 0 Å². The Morgan fingerprint density at radius 3 is 2.54 bits per heavy atom. The average Bonchev–Trinajstić information content (AvgIpc) is 2.68.